The van der Waals surface area contributed by atoms with Gasteiger partial charge in [0.1, 0.15) is 5.76 Å². The van der Waals surface area contributed by atoms with Gasteiger partial charge in [-0.2, -0.15) is 0 Å². The van der Waals surface area contributed by atoms with Crippen LogP contribution in [0.15, 0.2) is 45.5 Å². The van der Waals surface area contributed by atoms with Crippen molar-refractivity contribution in [1.82, 2.24) is 19.9 Å². The third-order valence-corrected chi connectivity index (χ3v) is 6.32. The average Bonchev–Trinajstić information content (AvgIpc) is 3.48. The van der Waals surface area contributed by atoms with E-state index in [-0.39, 0.29) is 37.0 Å². The van der Waals surface area contributed by atoms with E-state index < -0.39 is 0 Å². The van der Waals surface area contributed by atoms with Crippen LogP contribution in [0.3, 0.4) is 0 Å². The first-order valence-electron chi connectivity index (χ1n) is 11.6. The Bertz CT molecular complexity index is 1120. The second-order valence-corrected chi connectivity index (χ2v) is 9.09. The van der Waals surface area contributed by atoms with Crippen LogP contribution in [0, 0.1) is 20.8 Å². The third-order valence-electron chi connectivity index (χ3n) is 6.32. The maximum Gasteiger partial charge on any atom is 0.276 e. The van der Waals surface area contributed by atoms with Crippen molar-refractivity contribution in [3.8, 4) is 11.3 Å². The van der Waals surface area contributed by atoms with Gasteiger partial charge in [0.15, 0.2) is 11.5 Å². The number of aryl methyl sites for hydroxylation is 3. The number of likely N-dealkylation sites (N-methyl/N-ethyl adjacent to an activating group) is 1. The van der Waals surface area contributed by atoms with Crippen molar-refractivity contribution < 1.29 is 18.5 Å². The van der Waals surface area contributed by atoms with Gasteiger partial charge in [-0.25, -0.2) is 0 Å². The fourth-order valence-corrected chi connectivity index (χ4v) is 4.51. The molecule has 3 heterocycles. The van der Waals surface area contributed by atoms with Crippen LogP contribution >= 0.6 is 0 Å². The van der Waals surface area contributed by atoms with E-state index in [2.05, 4.69) is 36.2 Å². The van der Waals surface area contributed by atoms with Crippen LogP contribution in [-0.2, 0) is 11.3 Å². The van der Waals surface area contributed by atoms with Gasteiger partial charge < -0.3 is 23.6 Å². The zero-order chi connectivity index (χ0) is 24.2. The van der Waals surface area contributed by atoms with Crippen LogP contribution < -0.4 is 0 Å². The minimum atomic E-state index is -0.292. The van der Waals surface area contributed by atoms with Gasteiger partial charge in [0, 0.05) is 50.8 Å². The van der Waals surface area contributed by atoms with Crippen molar-refractivity contribution in [3.05, 3.63) is 64.7 Å². The zero-order valence-electron chi connectivity index (χ0n) is 20.3. The monoisotopic (exact) mass is 464 g/mol. The van der Waals surface area contributed by atoms with Crippen LogP contribution in [0.25, 0.3) is 11.3 Å². The van der Waals surface area contributed by atoms with E-state index in [9.17, 15) is 9.59 Å². The van der Waals surface area contributed by atoms with Crippen LogP contribution in [-0.4, -0.2) is 71.4 Å². The second-order valence-electron chi connectivity index (χ2n) is 9.09. The molecule has 0 bridgehead atoms. The molecule has 0 atom stereocenters. The number of hydrogen-bond acceptors (Lipinski definition) is 6. The summed E-state index contributed by atoms with van der Waals surface area (Å²) in [6, 6.07) is 9.45. The molecule has 8 heteroatoms. The molecule has 4 rings (SSSR count). The minimum absolute atomic E-state index is 0.0529. The van der Waals surface area contributed by atoms with Gasteiger partial charge in [-0.05, 0) is 51.1 Å². The Hall–Kier alpha value is -3.39. The number of rotatable bonds is 7. The Balaban J connectivity index is 1.50. The Morgan fingerprint density at radius 3 is 2.41 bits per heavy atom. The molecule has 1 saturated heterocycles. The molecule has 1 fully saturated rings. The third kappa shape index (κ3) is 5.39. The number of carbonyl (C=O) groups is 2. The predicted octanol–water partition coefficient (Wildman–Crippen LogP) is 3.67. The fraction of sp³-hybridized carbons (Fsp3) is 0.423. The number of nitrogens with zero attached hydrogens (tertiary/aromatic N) is 4. The fourth-order valence-electron chi connectivity index (χ4n) is 4.51. The summed E-state index contributed by atoms with van der Waals surface area (Å²) in [6.07, 6.45) is 1.82. The van der Waals surface area contributed by atoms with E-state index >= 15 is 0 Å². The summed E-state index contributed by atoms with van der Waals surface area (Å²) in [7, 11) is 2.05. The van der Waals surface area contributed by atoms with E-state index in [0.29, 0.717) is 24.6 Å². The topological polar surface area (TPSA) is 83.0 Å². The first-order chi connectivity index (χ1) is 16.3. The molecule has 0 radical (unpaired) electrons. The van der Waals surface area contributed by atoms with Crippen LogP contribution in [0.1, 0.15) is 39.4 Å². The summed E-state index contributed by atoms with van der Waals surface area (Å²) >= 11 is 0. The van der Waals surface area contributed by atoms with Crippen LogP contribution in [0.5, 0.6) is 0 Å². The Kier molecular flexibility index (Phi) is 7.17. The van der Waals surface area contributed by atoms with Gasteiger partial charge >= 0.3 is 0 Å². The van der Waals surface area contributed by atoms with Crippen LogP contribution in [0.4, 0.5) is 0 Å². The summed E-state index contributed by atoms with van der Waals surface area (Å²) < 4.78 is 11.1. The van der Waals surface area contributed by atoms with E-state index in [1.807, 2.05) is 24.8 Å². The Labute approximate surface area is 200 Å². The molecule has 0 unspecified atom stereocenters. The van der Waals surface area contributed by atoms with Gasteiger partial charge in [0.25, 0.3) is 5.91 Å². The van der Waals surface area contributed by atoms with Crippen molar-refractivity contribution in [2.24, 2.45) is 0 Å². The number of aromatic nitrogens is 1. The van der Waals surface area contributed by atoms with Gasteiger partial charge in [-0.15, -0.1) is 0 Å². The van der Waals surface area contributed by atoms with Crippen molar-refractivity contribution >= 4 is 11.8 Å². The van der Waals surface area contributed by atoms with E-state index in [0.717, 1.165) is 29.8 Å². The molecular formula is C26H32N4O4. The van der Waals surface area contributed by atoms with Crippen molar-refractivity contribution in [1.29, 1.82) is 0 Å². The van der Waals surface area contributed by atoms with Crippen molar-refractivity contribution in [2.75, 3.05) is 39.8 Å². The van der Waals surface area contributed by atoms with E-state index in [1.54, 1.807) is 23.3 Å². The lowest BCUT2D eigenvalue weighted by molar-refractivity contribution is -0.133. The highest BCUT2D eigenvalue weighted by atomic mass is 16.5. The van der Waals surface area contributed by atoms with Gasteiger partial charge in [-0.3, -0.25) is 9.59 Å². The number of amides is 2. The smallest absolute Gasteiger partial charge is 0.276 e. The Morgan fingerprint density at radius 2 is 1.76 bits per heavy atom. The molecule has 2 amide bonds. The maximum absolute atomic E-state index is 13.4. The summed E-state index contributed by atoms with van der Waals surface area (Å²) in [5, 5.41) is 4.07. The summed E-state index contributed by atoms with van der Waals surface area (Å²) in [5.74, 6) is 0.969. The largest absolute Gasteiger partial charge is 0.467 e. The SMILES string of the molecule is Cc1cc(C)c(-c2cc(C(=O)N(CCC(=O)N3CCN(C)CC3)Cc3ccco3)no2)c(C)c1. The highest BCUT2D eigenvalue weighted by molar-refractivity contribution is 5.93. The standard InChI is InChI=1S/C26H32N4O4/c1-18-14-19(2)25(20(3)15-18)23-16-22(27-34-23)26(32)30(17-21-6-5-13-33-21)8-7-24(31)29-11-9-28(4)10-12-29/h5-6,13-16H,7-12,17H2,1-4H3. The quantitative estimate of drug-likeness (QED) is 0.531. The Morgan fingerprint density at radius 1 is 1.06 bits per heavy atom. The van der Waals surface area contributed by atoms with Crippen LogP contribution in [0.2, 0.25) is 0 Å². The van der Waals surface area contributed by atoms with Crippen molar-refractivity contribution in [3.63, 3.8) is 0 Å². The number of hydrogen-bond donors (Lipinski definition) is 0. The van der Waals surface area contributed by atoms with Crippen molar-refractivity contribution in [2.45, 2.75) is 33.7 Å². The second kappa shape index (κ2) is 10.3. The van der Waals surface area contributed by atoms with Gasteiger partial charge in [-0.1, -0.05) is 22.9 Å². The lowest BCUT2D eigenvalue weighted by atomic mass is 9.98. The zero-order valence-corrected chi connectivity index (χ0v) is 20.3. The lowest BCUT2D eigenvalue weighted by Gasteiger charge is -2.33. The normalized spacial score (nSPS) is 14.4. The molecule has 3 aromatic rings. The number of piperazine rings is 1. The molecule has 1 aliphatic rings. The van der Waals surface area contributed by atoms with E-state index in [1.165, 1.54) is 5.56 Å². The molecule has 34 heavy (non-hydrogen) atoms. The average molecular weight is 465 g/mol. The van der Waals surface area contributed by atoms with E-state index in [4.69, 9.17) is 8.94 Å². The van der Waals surface area contributed by atoms with Gasteiger partial charge in [0.2, 0.25) is 5.91 Å². The molecule has 1 aromatic carbocycles. The molecular weight excluding hydrogens is 432 g/mol. The number of benzene rings is 1. The molecule has 0 spiro atoms. The maximum atomic E-state index is 13.4. The first-order valence-corrected chi connectivity index (χ1v) is 11.6. The molecule has 1 aliphatic heterocycles. The summed E-state index contributed by atoms with van der Waals surface area (Å²) in [6.45, 7) is 9.77. The van der Waals surface area contributed by atoms with Gasteiger partial charge in [0.05, 0.1) is 12.8 Å². The number of furan rings is 1. The highest BCUT2D eigenvalue weighted by Gasteiger charge is 2.25. The highest BCUT2D eigenvalue weighted by Crippen LogP contribution is 2.29. The first kappa shape index (κ1) is 23.8. The lowest BCUT2D eigenvalue weighted by Crippen LogP contribution is -2.47. The number of carbonyl (C=O) groups excluding carboxylic acids is 2. The molecule has 180 valence electrons. The summed E-state index contributed by atoms with van der Waals surface area (Å²) in [4.78, 5) is 31.8. The molecule has 8 nitrogen and oxygen atoms in total. The molecule has 0 saturated carbocycles. The summed E-state index contributed by atoms with van der Waals surface area (Å²) in [5.41, 5.74) is 4.47. The predicted molar refractivity (Wildman–Crippen MR) is 128 cm³/mol. The minimum Gasteiger partial charge on any atom is -0.467 e. The molecule has 2 aromatic heterocycles. The molecule has 0 aliphatic carbocycles. The molecule has 0 N–H and O–H groups in total.